The van der Waals surface area contributed by atoms with Crippen molar-refractivity contribution in [3.63, 3.8) is 0 Å². The predicted octanol–water partition coefficient (Wildman–Crippen LogP) is 2.41. The molecule has 24 heavy (non-hydrogen) atoms. The molecule has 2 heterocycles. The van der Waals surface area contributed by atoms with Crippen LogP contribution in [0, 0.1) is 13.8 Å². The zero-order chi connectivity index (χ0) is 17.3. The van der Waals surface area contributed by atoms with E-state index >= 15 is 0 Å². The summed E-state index contributed by atoms with van der Waals surface area (Å²) in [4.78, 5) is 2.50. The quantitative estimate of drug-likeness (QED) is 0.811. The summed E-state index contributed by atoms with van der Waals surface area (Å²) in [6.45, 7) is 6.65. The van der Waals surface area contributed by atoms with Crippen molar-refractivity contribution < 1.29 is 12.9 Å². The Morgan fingerprint density at radius 3 is 2.79 bits per heavy atom. The number of benzene rings is 1. The van der Waals surface area contributed by atoms with Gasteiger partial charge >= 0.3 is 0 Å². The molecule has 1 aliphatic heterocycles. The number of sulfonamides is 1. The van der Waals surface area contributed by atoms with E-state index in [2.05, 4.69) is 39.9 Å². The van der Waals surface area contributed by atoms with Crippen LogP contribution in [0.3, 0.4) is 0 Å². The lowest BCUT2D eigenvalue weighted by atomic mass is 10.1. The van der Waals surface area contributed by atoms with Crippen molar-refractivity contribution in [2.75, 3.05) is 18.0 Å². The largest absolute Gasteiger partial charge is 0.368 e. The zero-order valence-corrected chi connectivity index (χ0v) is 15.1. The molecule has 0 saturated carbocycles. The van der Waals surface area contributed by atoms with Crippen LogP contribution in [0.5, 0.6) is 0 Å². The summed E-state index contributed by atoms with van der Waals surface area (Å²) >= 11 is 0. The second kappa shape index (κ2) is 6.57. The average Bonchev–Trinajstić information content (AvgIpc) is 3.03. The molecule has 0 unspecified atom stereocenters. The van der Waals surface area contributed by atoms with Crippen molar-refractivity contribution in [1.82, 2.24) is 9.88 Å². The van der Waals surface area contributed by atoms with Crippen molar-refractivity contribution in [1.29, 1.82) is 0 Å². The zero-order valence-electron chi connectivity index (χ0n) is 14.2. The third-order valence-electron chi connectivity index (χ3n) is 4.45. The van der Waals surface area contributed by atoms with Crippen LogP contribution in [-0.4, -0.2) is 32.7 Å². The molecule has 6 nitrogen and oxygen atoms in total. The van der Waals surface area contributed by atoms with E-state index in [4.69, 9.17) is 4.52 Å². The summed E-state index contributed by atoms with van der Waals surface area (Å²) in [5.41, 5.74) is 3.02. The van der Waals surface area contributed by atoms with Crippen molar-refractivity contribution >= 4 is 15.7 Å². The van der Waals surface area contributed by atoms with Gasteiger partial charge in [-0.3, -0.25) is 0 Å². The number of aromatic nitrogens is 1. The van der Waals surface area contributed by atoms with E-state index in [-0.39, 0.29) is 4.90 Å². The summed E-state index contributed by atoms with van der Waals surface area (Å²) in [6.07, 6.45) is 1.78. The smallest absolute Gasteiger partial charge is 0.245 e. The molecule has 0 radical (unpaired) electrons. The Morgan fingerprint density at radius 2 is 2.08 bits per heavy atom. The minimum atomic E-state index is -3.57. The molecule has 1 N–H and O–H groups in total. The molecule has 1 atom stereocenters. The number of hydrogen-bond donors (Lipinski definition) is 1. The number of fused-ring (bicyclic) bond motifs is 1. The van der Waals surface area contributed by atoms with E-state index in [1.54, 1.807) is 13.8 Å². The summed E-state index contributed by atoms with van der Waals surface area (Å²) in [5, 5.41) is 3.71. The Kier molecular flexibility index (Phi) is 4.64. The van der Waals surface area contributed by atoms with E-state index in [0.29, 0.717) is 24.0 Å². The average molecular weight is 349 g/mol. The first-order valence-electron chi connectivity index (χ1n) is 8.17. The maximum absolute atomic E-state index is 12.4. The van der Waals surface area contributed by atoms with Crippen LogP contribution in [0.25, 0.3) is 0 Å². The van der Waals surface area contributed by atoms with Gasteiger partial charge in [0.05, 0.1) is 0 Å². The number of hydrogen-bond acceptors (Lipinski definition) is 5. The van der Waals surface area contributed by atoms with Gasteiger partial charge < -0.3 is 9.42 Å². The molecule has 0 fully saturated rings. The van der Waals surface area contributed by atoms with Gasteiger partial charge in [-0.05, 0) is 45.2 Å². The van der Waals surface area contributed by atoms with Crippen molar-refractivity contribution in [3.05, 3.63) is 41.3 Å². The van der Waals surface area contributed by atoms with Crippen molar-refractivity contribution in [3.8, 4) is 0 Å². The molecule has 1 aromatic carbocycles. The molecule has 1 aromatic heterocycles. The third-order valence-corrected chi connectivity index (χ3v) is 6.16. The van der Waals surface area contributed by atoms with E-state index in [0.717, 1.165) is 19.4 Å². The minimum absolute atomic E-state index is 0.155. The Balaban J connectivity index is 1.58. The fraction of sp³-hybridized carbons (Fsp3) is 0.471. The van der Waals surface area contributed by atoms with Crippen LogP contribution in [0.1, 0.15) is 30.4 Å². The van der Waals surface area contributed by atoms with E-state index in [9.17, 15) is 8.42 Å². The Morgan fingerprint density at radius 1 is 1.33 bits per heavy atom. The van der Waals surface area contributed by atoms with E-state index in [1.807, 2.05) is 6.07 Å². The second-order valence-corrected chi connectivity index (χ2v) is 7.98. The number of rotatable bonds is 6. The van der Waals surface area contributed by atoms with Gasteiger partial charge in [0, 0.05) is 24.8 Å². The molecule has 0 amide bonds. The fourth-order valence-corrected chi connectivity index (χ4v) is 4.76. The van der Waals surface area contributed by atoms with Gasteiger partial charge in [0.2, 0.25) is 10.0 Å². The summed E-state index contributed by atoms with van der Waals surface area (Å²) in [5.74, 6) is 0.321. The predicted molar refractivity (Wildman–Crippen MR) is 92.7 cm³/mol. The van der Waals surface area contributed by atoms with Gasteiger partial charge in [0.25, 0.3) is 0 Å². The molecule has 130 valence electrons. The van der Waals surface area contributed by atoms with Crippen LogP contribution >= 0.6 is 0 Å². The maximum Gasteiger partial charge on any atom is 0.245 e. The lowest BCUT2D eigenvalue weighted by Gasteiger charge is -2.24. The van der Waals surface area contributed by atoms with Gasteiger partial charge in [-0.2, -0.15) is 0 Å². The number of nitrogens with one attached hydrogen (secondary N) is 1. The summed E-state index contributed by atoms with van der Waals surface area (Å²) < 4.78 is 32.3. The van der Waals surface area contributed by atoms with Gasteiger partial charge in [0.1, 0.15) is 10.6 Å². The normalized spacial score (nSPS) is 17.3. The highest BCUT2D eigenvalue weighted by Crippen LogP contribution is 2.31. The first-order chi connectivity index (χ1) is 11.4. The van der Waals surface area contributed by atoms with Gasteiger partial charge in [-0.1, -0.05) is 23.4 Å². The first-order valence-corrected chi connectivity index (χ1v) is 9.65. The number of para-hydroxylation sites is 1. The number of anilines is 1. The van der Waals surface area contributed by atoms with Crippen LogP contribution in [0.15, 0.2) is 33.7 Å². The van der Waals surface area contributed by atoms with Crippen molar-refractivity contribution in [2.24, 2.45) is 0 Å². The number of aryl methyl sites for hydroxylation is 2. The molecule has 0 saturated heterocycles. The second-order valence-electron chi connectivity index (χ2n) is 6.28. The van der Waals surface area contributed by atoms with Gasteiger partial charge in [-0.25, -0.2) is 13.1 Å². The van der Waals surface area contributed by atoms with E-state index < -0.39 is 10.0 Å². The lowest BCUT2D eigenvalue weighted by molar-refractivity contribution is 0.390. The van der Waals surface area contributed by atoms with Crippen molar-refractivity contribution in [2.45, 2.75) is 44.6 Å². The standard InChI is InChI=1S/C17H23N3O3S/c1-12-11-15-7-4-5-8-16(15)20(12)10-6-9-18-24(21,22)17-13(2)19-23-14(17)3/h4-5,7-8,12,18H,6,9-11H2,1-3H3/t12-/m1/s1. The monoisotopic (exact) mass is 349 g/mol. The highest BCUT2D eigenvalue weighted by atomic mass is 32.2. The molecule has 0 aliphatic carbocycles. The molecule has 0 bridgehead atoms. The summed E-state index contributed by atoms with van der Waals surface area (Å²) in [7, 11) is -3.57. The Bertz CT molecular complexity index is 810. The van der Waals surface area contributed by atoms with Crippen LogP contribution in [0.4, 0.5) is 5.69 Å². The first kappa shape index (κ1) is 17.0. The fourth-order valence-electron chi connectivity index (χ4n) is 3.36. The third kappa shape index (κ3) is 3.18. The van der Waals surface area contributed by atoms with Gasteiger partial charge in [0.15, 0.2) is 5.76 Å². The lowest BCUT2D eigenvalue weighted by Crippen LogP contribution is -2.33. The molecular formula is C17H23N3O3S. The maximum atomic E-state index is 12.4. The molecule has 1 aliphatic rings. The van der Waals surface area contributed by atoms with Crippen LogP contribution in [0.2, 0.25) is 0 Å². The van der Waals surface area contributed by atoms with Gasteiger partial charge in [-0.15, -0.1) is 0 Å². The molecule has 7 heteroatoms. The molecule has 0 spiro atoms. The van der Waals surface area contributed by atoms with E-state index in [1.165, 1.54) is 11.3 Å². The molecule has 3 rings (SSSR count). The van der Waals surface area contributed by atoms with Crippen LogP contribution < -0.4 is 9.62 Å². The Hall–Kier alpha value is -1.86. The van der Waals surface area contributed by atoms with Crippen LogP contribution in [-0.2, 0) is 16.4 Å². The number of nitrogens with zero attached hydrogens (tertiary/aromatic N) is 2. The molecular weight excluding hydrogens is 326 g/mol. The summed E-state index contributed by atoms with van der Waals surface area (Å²) in [6, 6.07) is 8.84. The topological polar surface area (TPSA) is 75.4 Å². The Labute approximate surface area is 142 Å². The minimum Gasteiger partial charge on any atom is -0.368 e. The SMILES string of the molecule is Cc1noc(C)c1S(=O)(=O)NCCCN1c2ccccc2C[C@H]1C. The highest BCUT2D eigenvalue weighted by molar-refractivity contribution is 7.89. The molecule has 2 aromatic rings. The highest BCUT2D eigenvalue weighted by Gasteiger charge is 2.26.